The van der Waals surface area contributed by atoms with Crippen molar-refractivity contribution in [1.82, 2.24) is 9.29 Å². The van der Waals surface area contributed by atoms with Gasteiger partial charge in [-0.25, -0.2) is 13.4 Å². The van der Waals surface area contributed by atoms with Gasteiger partial charge in [0.2, 0.25) is 10.0 Å². The van der Waals surface area contributed by atoms with E-state index in [0.29, 0.717) is 42.8 Å². The molecule has 8 heteroatoms. The predicted molar refractivity (Wildman–Crippen MR) is 107 cm³/mol. The number of rotatable bonds is 7. The van der Waals surface area contributed by atoms with Gasteiger partial charge in [0.1, 0.15) is 23.1 Å². The number of aromatic nitrogens is 1. The van der Waals surface area contributed by atoms with Crippen LogP contribution in [0.3, 0.4) is 0 Å². The second-order valence-electron chi connectivity index (χ2n) is 6.54. The summed E-state index contributed by atoms with van der Waals surface area (Å²) in [5, 5.41) is 0.632. The molecule has 0 atom stereocenters. The van der Waals surface area contributed by atoms with Gasteiger partial charge in [-0.1, -0.05) is 24.1 Å². The molecule has 1 saturated heterocycles. The second-order valence-corrected chi connectivity index (χ2v) is 8.92. The topological polar surface area (TPSA) is 62.7 Å². The van der Waals surface area contributed by atoms with Gasteiger partial charge in [0.15, 0.2) is 0 Å². The second kappa shape index (κ2) is 8.91. The first-order chi connectivity index (χ1) is 13.0. The standard InChI is InChI=1S/C19H24ClN3O3S/c1-22(12-13-26-17-7-5-6-16(20)14-17)19-9-8-18(15-21-19)27(24,25)23-10-3-2-4-11-23/h5-9,14-15H,2-4,10-13H2,1H3. The third-order valence-corrected chi connectivity index (χ3v) is 6.67. The molecular formula is C19H24ClN3O3S. The molecule has 1 aliphatic heterocycles. The van der Waals surface area contributed by atoms with Crippen LogP contribution in [0.1, 0.15) is 19.3 Å². The van der Waals surface area contributed by atoms with Crippen molar-refractivity contribution < 1.29 is 13.2 Å². The molecule has 0 aliphatic carbocycles. The zero-order valence-electron chi connectivity index (χ0n) is 15.3. The Bertz CT molecular complexity index is 853. The summed E-state index contributed by atoms with van der Waals surface area (Å²) < 4.78 is 32.6. The van der Waals surface area contributed by atoms with Crippen LogP contribution in [0.15, 0.2) is 47.5 Å². The van der Waals surface area contributed by atoms with Crippen LogP contribution in [0, 0.1) is 0 Å². The van der Waals surface area contributed by atoms with Crippen LogP contribution in [0.2, 0.25) is 5.02 Å². The van der Waals surface area contributed by atoms with Crippen molar-refractivity contribution in [3.8, 4) is 5.75 Å². The van der Waals surface area contributed by atoms with Crippen molar-refractivity contribution >= 4 is 27.4 Å². The van der Waals surface area contributed by atoms with E-state index in [1.807, 2.05) is 24.1 Å². The fraction of sp³-hybridized carbons (Fsp3) is 0.421. The van der Waals surface area contributed by atoms with E-state index < -0.39 is 10.0 Å². The van der Waals surface area contributed by atoms with E-state index in [4.69, 9.17) is 16.3 Å². The Hall–Kier alpha value is -1.83. The molecule has 2 heterocycles. The van der Waals surface area contributed by atoms with E-state index in [1.54, 1.807) is 28.6 Å². The van der Waals surface area contributed by atoms with Gasteiger partial charge in [-0.2, -0.15) is 4.31 Å². The highest BCUT2D eigenvalue weighted by Gasteiger charge is 2.26. The minimum atomic E-state index is -3.45. The zero-order chi connectivity index (χ0) is 19.3. The fourth-order valence-corrected chi connectivity index (χ4v) is 4.62. The molecule has 0 unspecified atom stereocenters. The molecule has 1 aromatic heterocycles. The number of likely N-dealkylation sites (N-methyl/N-ethyl adjacent to an activating group) is 1. The number of nitrogens with zero attached hydrogens (tertiary/aromatic N) is 3. The molecule has 0 N–H and O–H groups in total. The minimum Gasteiger partial charge on any atom is -0.492 e. The average Bonchev–Trinajstić information content (AvgIpc) is 2.69. The van der Waals surface area contributed by atoms with Gasteiger partial charge in [-0.05, 0) is 43.2 Å². The summed E-state index contributed by atoms with van der Waals surface area (Å²) >= 11 is 5.94. The molecule has 0 spiro atoms. The Kier molecular flexibility index (Phi) is 6.57. The normalized spacial score (nSPS) is 15.5. The molecule has 0 bridgehead atoms. The summed E-state index contributed by atoms with van der Waals surface area (Å²) in [5.74, 6) is 1.41. The highest BCUT2D eigenvalue weighted by molar-refractivity contribution is 7.89. The van der Waals surface area contributed by atoms with Crippen LogP contribution >= 0.6 is 11.6 Å². The first kappa shape index (κ1) is 19.9. The van der Waals surface area contributed by atoms with Gasteiger partial charge in [0.25, 0.3) is 0 Å². The molecule has 2 aromatic rings. The number of anilines is 1. The number of piperidine rings is 1. The van der Waals surface area contributed by atoms with Crippen LogP contribution in [-0.2, 0) is 10.0 Å². The van der Waals surface area contributed by atoms with Crippen LogP contribution < -0.4 is 9.64 Å². The van der Waals surface area contributed by atoms with Crippen molar-refractivity contribution in [2.24, 2.45) is 0 Å². The van der Waals surface area contributed by atoms with Crippen LogP contribution in [-0.4, -0.2) is 51.0 Å². The summed E-state index contributed by atoms with van der Waals surface area (Å²) in [6, 6.07) is 10.6. The Balaban J connectivity index is 1.57. The van der Waals surface area contributed by atoms with E-state index in [-0.39, 0.29) is 4.90 Å². The molecule has 6 nitrogen and oxygen atoms in total. The molecular weight excluding hydrogens is 386 g/mol. The Morgan fingerprint density at radius 1 is 1.19 bits per heavy atom. The Morgan fingerprint density at radius 3 is 2.63 bits per heavy atom. The fourth-order valence-electron chi connectivity index (χ4n) is 2.98. The summed E-state index contributed by atoms with van der Waals surface area (Å²) in [4.78, 5) is 6.49. The first-order valence-corrected chi connectivity index (χ1v) is 10.8. The lowest BCUT2D eigenvalue weighted by molar-refractivity contribution is 0.325. The zero-order valence-corrected chi connectivity index (χ0v) is 16.9. The number of hydrogen-bond donors (Lipinski definition) is 0. The van der Waals surface area contributed by atoms with Crippen LogP contribution in [0.25, 0.3) is 0 Å². The number of hydrogen-bond acceptors (Lipinski definition) is 5. The molecule has 27 heavy (non-hydrogen) atoms. The summed E-state index contributed by atoms with van der Waals surface area (Å²) in [6.07, 6.45) is 4.36. The minimum absolute atomic E-state index is 0.247. The van der Waals surface area contributed by atoms with E-state index in [1.165, 1.54) is 6.20 Å². The Morgan fingerprint density at radius 2 is 1.96 bits per heavy atom. The van der Waals surface area contributed by atoms with Crippen LogP contribution in [0.5, 0.6) is 5.75 Å². The van der Waals surface area contributed by atoms with E-state index in [0.717, 1.165) is 19.3 Å². The third kappa shape index (κ3) is 5.12. The van der Waals surface area contributed by atoms with Gasteiger partial charge >= 0.3 is 0 Å². The summed E-state index contributed by atoms with van der Waals surface area (Å²) in [6.45, 7) is 2.25. The molecule has 3 rings (SSSR count). The predicted octanol–water partition coefficient (Wildman–Crippen LogP) is 3.42. The highest BCUT2D eigenvalue weighted by Crippen LogP contribution is 2.21. The van der Waals surface area contributed by atoms with Gasteiger partial charge in [0.05, 0.1) is 6.54 Å². The number of sulfonamides is 1. The lowest BCUT2D eigenvalue weighted by atomic mass is 10.2. The average molecular weight is 410 g/mol. The third-order valence-electron chi connectivity index (χ3n) is 4.56. The molecule has 146 valence electrons. The van der Waals surface area contributed by atoms with Crippen molar-refractivity contribution in [3.63, 3.8) is 0 Å². The first-order valence-electron chi connectivity index (χ1n) is 9.02. The molecule has 1 aromatic carbocycles. The maximum absolute atomic E-state index is 12.7. The van der Waals surface area contributed by atoms with Gasteiger partial charge in [-0.3, -0.25) is 0 Å². The van der Waals surface area contributed by atoms with Crippen LogP contribution in [0.4, 0.5) is 5.82 Å². The SMILES string of the molecule is CN(CCOc1cccc(Cl)c1)c1ccc(S(=O)(=O)N2CCCCC2)cn1. The van der Waals surface area contributed by atoms with Crippen molar-refractivity contribution in [2.45, 2.75) is 24.2 Å². The van der Waals surface area contributed by atoms with Crippen molar-refractivity contribution in [2.75, 3.05) is 38.2 Å². The molecule has 0 radical (unpaired) electrons. The molecule has 0 amide bonds. The molecule has 0 saturated carbocycles. The monoisotopic (exact) mass is 409 g/mol. The van der Waals surface area contributed by atoms with Gasteiger partial charge in [-0.15, -0.1) is 0 Å². The molecule has 1 aliphatic rings. The van der Waals surface area contributed by atoms with Crippen molar-refractivity contribution in [1.29, 1.82) is 0 Å². The van der Waals surface area contributed by atoms with Gasteiger partial charge in [0, 0.05) is 31.4 Å². The summed E-state index contributed by atoms with van der Waals surface area (Å²) in [5.41, 5.74) is 0. The number of pyridine rings is 1. The Labute approximate surface area is 165 Å². The van der Waals surface area contributed by atoms with Crippen molar-refractivity contribution in [3.05, 3.63) is 47.6 Å². The van der Waals surface area contributed by atoms with E-state index in [2.05, 4.69) is 4.98 Å². The van der Waals surface area contributed by atoms with E-state index >= 15 is 0 Å². The number of halogens is 1. The number of ether oxygens (including phenoxy) is 1. The maximum atomic E-state index is 12.7. The maximum Gasteiger partial charge on any atom is 0.244 e. The van der Waals surface area contributed by atoms with E-state index in [9.17, 15) is 8.42 Å². The van der Waals surface area contributed by atoms with Gasteiger partial charge < -0.3 is 9.64 Å². The number of benzene rings is 1. The smallest absolute Gasteiger partial charge is 0.244 e. The highest BCUT2D eigenvalue weighted by atomic mass is 35.5. The quantitative estimate of drug-likeness (QED) is 0.701. The summed E-state index contributed by atoms with van der Waals surface area (Å²) in [7, 11) is -1.56. The lowest BCUT2D eigenvalue weighted by Gasteiger charge is -2.26. The molecule has 1 fully saturated rings. The lowest BCUT2D eigenvalue weighted by Crippen LogP contribution is -2.35. The largest absolute Gasteiger partial charge is 0.492 e.